The van der Waals surface area contributed by atoms with Crippen molar-refractivity contribution in [2.75, 3.05) is 13.1 Å². The van der Waals surface area contributed by atoms with Crippen LogP contribution in [0.5, 0.6) is 0 Å². The van der Waals surface area contributed by atoms with Crippen molar-refractivity contribution >= 4 is 28.7 Å². The van der Waals surface area contributed by atoms with Crippen LogP contribution in [0.4, 0.5) is 0 Å². The number of piperidine rings is 1. The smallest absolute Gasteiger partial charge is 0.235 e. The minimum atomic E-state index is -0.188. The standard InChI is InChI=1S/C18H22N6OS/c1-12(26-18-22-19-11-23(18)2)17(25)24-9-5-6-13(10-24)16-20-14-7-3-4-8-15(14)21-16/h3-4,7-8,11-13H,5-6,9-10H2,1-2H3,(H,20,21)/t12-,13+/m0/s1. The number of thioether (sulfide) groups is 1. The van der Waals surface area contributed by atoms with E-state index in [9.17, 15) is 4.79 Å². The Hall–Kier alpha value is -2.35. The van der Waals surface area contributed by atoms with Crippen molar-refractivity contribution in [3.8, 4) is 0 Å². The molecule has 1 aliphatic heterocycles. The molecule has 0 saturated carbocycles. The van der Waals surface area contributed by atoms with Crippen LogP contribution in [0.3, 0.4) is 0 Å². The number of benzene rings is 1. The number of aromatic nitrogens is 5. The summed E-state index contributed by atoms with van der Waals surface area (Å²) in [5.41, 5.74) is 2.04. The minimum Gasteiger partial charge on any atom is -0.342 e. The van der Waals surface area contributed by atoms with Crippen LogP contribution >= 0.6 is 11.8 Å². The molecule has 2 aromatic heterocycles. The zero-order valence-electron chi connectivity index (χ0n) is 14.9. The number of carbonyl (C=O) groups excluding carboxylic acids is 1. The molecule has 3 heterocycles. The molecular weight excluding hydrogens is 348 g/mol. The highest BCUT2D eigenvalue weighted by Crippen LogP contribution is 2.29. The first-order valence-electron chi connectivity index (χ1n) is 8.86. The van der Waals surface area contributed by atoms with Crippen LogP contribution in [-0.4, -0.2) is 53.9 Å². The summed E-state index contributed by atoms with van der Waals surface area (Å²) in [7, 11) is 1.89. The first-order chi connectivity index (χ1) is 12.6. The van der Waals surface area contributed by atoms with Gasteiger partial charge in [-0.05, 0) is 31.9 Å². The maximum absolute atomic E-state index is 12.9. The van der Waals surface area contributed by atoms with Crippen molar-refractivity contribution in [3.05, 3.63) is 36.4 Å². The average molecular weight is 370 g/mol. The average Bonchev–Trinajstić information content (AvgIpc) is 3.27. The lowest BCUT2D eigenvalue weighted by molar-refractivity contribution is -0.131. The van der Waals surface area contributed by atoms with Gasteiger partial charge >= 0.3 is 0 Å². The van der Waals surface area contributed by atoms with Crippen LogP contribution in [-0.2, 0) is 11.8 Å². The van der Waals surface area contributed by atoms with E-state index in [2.05, 4.69) is 15.2 Å². The Morgan fingerprint density at radius 1 is 1.38 bits per heavy atom. The summed E-state index contributed by atoms with van der Waals surface area (Å²) in [6, 6.07) is 8.05. The number of likely N-dealkylation sites (tertiary alicyclic amines) is 1. The van der Waals surface area contributed by atoms with E-state index in [-0.39, 0.29) is 17.1 Å². The summed E-state index contributed by atoms with van der Waals surface area (Å²) >= 11 is 1.45. The number of nitrogens with one attached hydrogen (secondary N) is 1. The van der Waals surface area contributed by atoms with Crippen molar-refractivity contribution in [3.63, 3.8) is 0 Å². The van der Waals surface area contributed by atoms with Crippen LogP contribution in [0, 0.1) is 0 Å². The van der Waals surface area contributed by atoms with E-state index < -0.39 is 0 Å². The summed E-state index contributed by atoms with van der Waals surface area (Å²) in [6.07, 6.45) is 3.70. The zero-order valence-corrected chi connectivity index (χ0v) is 15.7. The van der Waals surface area contributed by atoms with Crippen molar-refractivity contribution in [1.29, 1.82) is 0 Å². The van der Waals surface area contributed by atoms with Crippen LogP contribution in [0.1, 0.15) is 31.5 Å². The van der Waals surface area contributed by atoms with Crippen LogP contribution in [0.15, 0.2) is 35.7 Å². The van der Waals surface area contributed by atoms with E-state index in [4.69, 9.17) is 4.98 Å². The van der Waals surface area contributed by atoms with Gasteiger partial charge in [0.15, 0.2) is 5.16 Å². The number of aromatic amines is 1. The van der Waals surface area contributed by atoms with Crippen molar-refractivity contribution < 1.29 is 4.79 Å². The molecule has 1 fully saturated rings. The highest BCUT2D eigenvalue weighted by atomic mass is 32.2. The molecule has 136 valence electrons. The lowest BCUT2D eigenvalue weighted by atomic mass is 9.97. The van der Waals surface area contributed by atoms with Crippen LogP contribution in [0.2, 0.25) is 0 Å². The number of amides is 1. The Labute approximate surface area is 156 Å². The first-order valence-corrected chi connectivity index (χ1v) is 9.74. The highest BCUT2D eigenvalue weighted by molar-refractivity contribution is 8.00. The second kappa shape index (κ2) is 7.11. The van der Waals surface area contributed by atoms with Crippen molar-refractivity contribution in [1.82, 2.24) is 29.6 Å². The van der Waals surface area contributed by atoms with Gasteiger partial charge in [0, 0.05) is 26.1 Å². The van der Waals surface area contributed by atoms with Gasteiger partial charge in [0.25, 0.3) is 0 Å². The molecule has 0 radical (unpaired) electrons. The SMILES string of the molecule is C[C@H](Sc1nncn1C)C(=O)N1CCC[C@@H](c2nc3ccccc3[nH]2)C1. The third-order valence-electron chi connectivity index (χ3n) is 4.83. The molecule has 0 spiro atoms. The summed E-state index contributed by atoms with van der Waals surface area (Å²) < 4.78 is 1.84. The summed E-state index contributed by atoms with van der Waals surface area (Å²) in [5.74, 6) is 1.39. The Morgan fingerprint density at radius 2 is 2.23 bits per heavy atom. The summed E-state index contributed by atoms with van der Waals surface area (Å²) in [5, 5.41) is 8.51. The third kappa shape index (κ3) is 3.33. The van der Waals surface area contributed by atoms with E-state index in [1.165, 1.54) is 11.8 Å². The number of rotatable bonds is 4. The molecular formula is C18H22N6OS. The van der Waals surface area contributed by atoms with Crippen LogP contribution in [0.25, 0.3) is 11.0 Å². The first kappa shape index (κ1) is 17.1. The summed E-state index contributed by atoms with van der Waals surface area (Å²) in [6.45, 7) is 3.45. The minimum absolute atomic E-state index is 0.152. The highest BCUT2D eigenvalue weighted by Gasteiger charge is 2.30. The second-order valence-corrected chi connectivity index (χ2v) is 8.06. The van der Waals surface area contributed by atoms with Gasteiger partial charge < -0.3 is 14.5 Å². The fourth-order valence-corrected chi connectivity index (χ4v) is 4.29. The number of imidazole rings is 1. The summed E-state index contributed by atoms with van der Waals surface area (Å²) in [4.78, 5) is 23.0. The Bertz CT molecular complexity index is 886. The second-order valence-electron chi connectivity index (χ2n) is 6.75. The zero-order chi connectivity index (χ0) is 18.1. The van der Waals surface area contributed by atoms with Crippen molar-refractivity contribution in [2.24, 2.45) is 7.05 Å². The number of nitrogens with zero attached hydrogens (tertiary/aromatic N) is 5. The monoisotopic (exact) mass is 370 g/mol. The Balaban J connectivity index is 1.45. The molecule has 1 saturated heterocycles. The van der Waals surface area contributed by atoms with Gasteiger partial charge in [0.1, 0.15) is 12.2 Å². The quantitative estimate of drug-likeness (QED) is 0.714. The Morgan fingerprint density at radius 3 is 3.00 bits per heavy atom. The maximum atomic E-state index is 12.9. The van der Waals surface area contributed by atoms with Gasteiger partial charge in [-0.25, -0.2) is 4.98 Å². The number of aryl methyl sites for hydroxylation is 1. The molecule has 0 unspecified atom stereocenters. The molecule has 4 rings (SSSR count). The fourth-order valence-electron chi connectivity index (χ4n) is 3.41. The molecule has 0 bridgehead atoms. The predicted octanol–water partition coefficient (Wildman–Crippen LogP) is 2.58. The number of hydrogen-bond donors (Lipinski definition) is 1. The predicted molar refractivity (Wildman–Crippen MR) is 101 cm³/mol. The molecule has 7 nitrogen and oxygen atoms in total. The number of H-pyrrole nitrogens is 1. The van der Waals surface area contributed by atoms with Gasteiger partial charge in [0.2, 0.25) is 5.91 Å². The van der Waals surface area contributed by atoms with E-state index in [1.807, 2.05) is 47.7 Å². The normalized spacial score (nSPS) is 19.0. The van der Waals surface area contributed by atoms with Gasteiger partial charge in [0.05, 0.1) is 16.3 Å². The lowest BCUT2D eigenvalue weighted by Crippen LogP contribution is -2.43. The number of carbonyl (C=O) groups is 1. The number of hydrogen-bond acceptors (Lipinski definition) is 5. The van der Waals surface area contributed by atoms with Gasteiger partial charge in [-0.1, -0.05) is 23.9 Å². The molecule has 0 aliphatic carbocycles. The lowest BCUT2D eigenvalue weighted by Gasteiger charge is -2.33. The van der Waals surface area contributed by atoms with E-state index in [1.54, 1.807) is 6.33 Å². The molecule has 8 heteroatoms. The van der Waals surface area contributed by atoms with Gasteiger partial charge in [-0.3, -0.25) is 4.79 Å². The van der Waals surface area contributed by atoms with Crippen LogP contribution < -0.4 is 0 Å². The topological polar surface area (TPSA) is 79.7 Å². The third-order valence-corrected chi connectivity index (χ3v) is 5.96. The molecule has 1 aromatic carbocycles. The fraction of sp³-hybridized carbons (Fsp3) is 0.444. The van der Waals surface area contributed by atoms with Crippen molar-refractivity contribution in [2.45, 2.75) is 36.1 Å². The molecule has 1 amide bonds. The van der Waals surface area contributed by atoms with E-state index in [0.717, 1.165) is 41.4 Å². The largest absolute Gasteiger partial charge is 0.342 e. The van der Waals surface area contributed by atoms with E-state index in [0.29, 0.717) is 6.54 Å². The van der Waals surface area contributed by atoms with Gasteiger partial charge in [-0.2, -0.15) is 0 Å². The molecule has 1 N–H and O–H groups in total. The number of fused-ring (bicyclic) bond motifs is 1. The maximum Gasteiger partial charge on any atom is 0.235 e. The number of para-hydroxylation sites is 2. The molecule has 26 heavy (non-hydrogen) atoms. The molecule has 3 aromatic rings. The molecule has 2 atom stereocenters. The van der Waals surface area contributed by atoms with Gasteiger partial charge in [-0.15, -0.1) is 10.2 Å². The Kier molecular flexibility index (Phi) is 4.67. The molecule has 1 aliphatic rings. The van der Waals surface area contributed by atoms with E-state index >= 15 is 0 Å².